The Morgan fingerprint density at radius 1 is 1.40 bits per heavy atom. The molecule has 0 bridgehead atoms. The molecule has 0 aliphatic rings. The minimum Gasteiger partial charge on any atom is -0.393 e. The number of carbonyl (C=O) groups excluding carboxylic acids is 1. The van der Waals surface area contributed by atoms with Crippen LogP contribution in [0.3, 0.4) is 0 Å². The van der Waals surface area contributed by atoms with Crippen LogP contribution in [0.4, 0.5) is 0 Å². The van der Waals surface area contributed by atoms with E-state index in [2.05, 4.69) is 0 Å². The maximum atomic E-state index is 10.6. The van der Waals surface area contributed by atoms with E-state index < -0.39 is 17.9 Å². The molecule has 0 radical (unpaired) electrons. The monoisotopic (exact) mass is 145 g/mol. The van der Waals surface area contributed by atoms with Crippen LogP contribution in [0, 0.1) is 11.8 Å². The van der Waals surface area contributed by atoms with Gasteiger partial charge in [-0.3, -0.25) is 4.79 Å². The summed E-state index contributed by atoms with van der Waals surface area (Å²) in [4.78, 5) is 10.6. The van der Waals surface area contributed by atoms with Crippen LogP contribution in [-0.4, -0.2) is 17.1 Å². The molecule has 0 spiro atoms. The Bertz CT molecular complexity index is 113. The summed E-state index contributed by atoms with van der Waals surface area (Å²) in [7, 11) is 0. The van der Waals surface area contributed by atoms with Gasteiger partial charge in [0.25, 0.3) is 0 Å². The molecule has 0 saturated carbocycles. The van der Waals surface area contributed by atoms with Gasteiger partial charge in [-0.15, -0.1) is 0 Å². The molecule has 1 amide bonds. The zero-order valence-electron chi connectivity index (χ0n) is 6.66. The molecule has 0 fully saturated rings. The minimum absolute atomic E-state index is 0.109. The molecule has 0 aliphatic heterocycles. The van der Waals surface area contributed by atoms with Crippen LogP contribution in [0.1, 0.15) is 20.8 Å². The van der Waals surface area contributed by atoms with Gasteiger partial charge >= 0.3 is 0 Å². The third-order valence-corrected chi connectivity index (χ3v) is 1.57. The van der Waals surface area contributed by atoms with Crippen molar-refractivity contribution in [1.29, 1.82) is 0 Å². The van der Waals surface area contributed by atoms with Crippen LogP contribution in [0.5, 0.6) is 0 Å². The molecule has 1 unspecified atom stereocenters. The molecule has 0 heterocycles. The summed E-state index contributed by atoms with van der Waals surface area (Å²) in [5, 5.41) is 9.05. The third kappa shape index (κ3) is 2.35. The smallest absolute Gasteiger partial charge is 0.223 e. The summed E-state index contributed by atoms with van der Waals surface area (Å²) in [6.45, 7) is 5.31. The normalized spacial score (nSPS) is 16.9. The number of carbonyl (C=O) groups is 1. The predicted molar refractivity (Wildman–Crippen MR) is 39.2 cm³/mol. The van der Waals surface area contributed by atoms with Gasteiger partial charge in [0.1, 0.15) is 0 Å². The van der Waals surface area contributed by atoms with Crippen molar-refractivity contribution in [2.24, 2.45) is 17.6 Å². The Kier molecular flexibility index (Phi) is 3.36. The Labute approximate surface area is 61.2 Å². The Morgan fingerprint density at radius 3 is 1.80 bits per heavy atom. The number of nitrogens with two attached hydrogens (primary N) is 1. The van der Waals surface area contributed by atoms with Gasteiger partial charge in [-0.25, -0.2) is 0 Å². The number of rotatable bonds is 3. The average molecular weight is 145 g/mol. The van der Waals surface area contributed by atoms with E-state index in [0.717, 1.165) is 0 Å². The van der Waals surface area contributed by atoms with Gasteiger partial charge < -0.3 is 10.8 Å². The van der Waals surface area contributed by atoms with E-state index in [4.69, 9.17) is 10.8 Å². The quantitative estimate of drug-likeness (QED) is 0.592. The first kappa shape index (κ1) is 9.43. The highest BCUT2D eigenvalue weighted by Crippen LogP contribution is 2.13. The van der Waals surface area contributed by atoms with Gasteiger partial charge in [0.15, 0.2) is 0 Å². The van der Waals surface area contributed by atoms with Gasteiger partial charge in [0.2, 0.25) is 5.91 Å². The maximum Gasteiger partial charge on any atom is 0.223 e. The van der Waals surface area contributed by atoms with Crippen molar-refractivity contribution in [2.75, 3.05) is 0 Å². The second-order valence-electron chi connectivity index (χ2n) is 2.91. The second kappa shape index (κ2) is 3.56. The lowest BCUT2D eigenvalue weighted by atomic mass is 9.91. The van der Waals surface area contributed by atoms with Gasteiger partial charge in [-0.05, 0) is 12.8 Å². The fourth-order valence-electron chi connectivity index (χ4n) is 1.12. The molecule has 2 atom stereocenters. The lowest BCUT2D eigenvalue weighted by molar-refractivity contribution is -0.126. The van der Waals surface area contributed by atoms with E-state index in [1.54, 1.807) is 6.92 Å². The lowest BCUT2D eigenvalue weighted by Crippen LogP contribution is -2.35. The molecule has 0 rings (SSSR count). The molecule has 3 N–H and O–H groups in total. The molecule has 10 heavy (non-hydrogen) atoms. The van der Waals surface area contributed by atoms with E-state index in [0.29, 0.717) is 0 Å². The van der Waals surface area contributed by atoms with Gasteiger partial charge in [0, 0.05) is 0 Å². The molecule has 3 heteroatoms. The predicted octanol–water partition coefficient (Wildman–Crippen LogP) is 0.125. The van der Waals surface area contributed by atoms with Crippen molar-refractivity contribution < 1.29 is 9.90 Å². The highest BCUT2D eigenvalue weighted by atomic mass is 16.3. The van der Waals surface area contributed by atoms with Crippen LogP contribution < -0.4 is 5.73 Å². The number of primary amides is 1. The first-order valence-electron chi connectivity index (χ1n) is 3.44. The Hall–Kier alpha value is -0.570. The number of hydrogen-bond acceptors (Lipinski definition) is 2. The maximum absolute atomic E-state index is 10.6. The fraction of sp³-hybridized carbons (Fsp3) is 0.857. The topological polar surface area (TPSA) is 63.3 Å². The zero-order chi connectivity index (χ0) is 8.31. The lowest BCUT2D eigenvalue weighted by Gasteiger charge is -2.19. The van der Waals surface area contributed by atoms with Crippen molar-refractivity contribution >= 4 is 5.91 Å². The van der Waals surface area contributed by atoms with Crippen molar-refractivity contribution in [3.8, 4) is 0 Å². The minimum atomic E-state index is -0.641. The molecular weight excluding hydrogens is 130 g/mol. The van der Waals surface area contributed by atoms with Crippen LogP contribution in [0.15, 0.2) is 0 Å². The number of amides is 1. The van der Waals surface area contributed by atoms with E-state index >= 15 is 0 Å². The summed E-state index contributed by atoms with van der Waals surface area (Å²) in [6, 6.07) is 0. The molecular formula is C7H15NO2. The van der Waals surface area contributed by atoms with E-state index in [1.807, 2.05) is 13.8 Å². The Morgan fingerprint density at radius 2 is 1.80 bits per heavy atom. The second-order valence-corrected chi connectivity index (χ2v) is 2.91. The summed E-state index contributed by atoms with van der Waals surface area (Å²) in [6.07, 6.45) is -0.641. The van der Waals surface area contributed by atoms with E-state index in [9.17, 15) is 4.79 Å². The highest BCUT2D eigenvalue weighted by Gasteiger charge is 2.23. The van der Waals surface area contributed by atoms with Crippen LogP contribution in [-0.2, 0) is 4.79 Å². The third-order valence-electron chi connectivity index (χ3n) is 1.57. The summed E-state index contributed by atoms with van der Waals surface area (Å²) in [5.41, 5.74) is 5.04. The van der Waals surface area contributed by atoms with Crippen molar-refractivity contribution in [2.45, 2.75) is 26.9 Å². The number of aliphatic hydroxyl groups is 1. The van der Waals surface area contributed by atoms with Crippen LogP contribution in [0.25, 0.3) is 0 Å². The number of aliphatic hydroxyl groups excluding tert-OH is 1. The fourth-order valence-corrected chi connectivity index (χ4v) is 1.12. The standard InChI is InChI=1S/C7H15NO2/c1-4(2)6(5(3)9)7(8)10/h4-6,9H,1-3H3,(H2,8,10)/t5-,6?/m1/s1. The first-order chi connectivity index (χ1) is 4.46. The van der Waals surface area contributed by atoms with Crippen molar-refractivity contribution in [3.63, 3.8) is 0 Å². The molecule has 0 saturated heterocycles. The summed E-state index contributed by atoms with van der Waals surface area (Å²) in [5.74, 6) is -0.734. The van der Waals surface area contributed by atoms with Crippen LogP contribution in [0.2, 0.25) is 0 Å². The Balaban J connectivity index is 4.12. The highest BCUT2D eigenvalue weighted by molar-refractivity contribution is 5.77. The van der Waals surface area contributed by atoms with Crippen LogP contribution >= 0.6 is 0 Å². The zero-order valence-corrected chi connectivity index (χ0v) is 6.66. The SMILES string of the molecule is CC(C)C(C(N)=O)[C@@H](C)O. The molecule has 0 aromatic heterocycles. The average Bonchev–Trinajstić information content (AvgIpc) is 1.59. The van der Waals surface area contributed by atoms with Crippen molar-refractivity contribution in [1.82, 2.24) is 0 Å². The molecule has 0 aliphatic carbocycles. The van der Waals surface area contributed by atoms with Gasteiger partial charge in [-0.1, -0.05) is 13.8 Å². The largest absolute Gasteiger partial charge is 0.393 e. The van der Waals surface area contributed by atoms with E-state index in [1.165, 1.54) is 0 Å². The summed E-state index contributed by atoms with van der Waals surface area (Å²) >= 11 is 0. The molecule has 3 nitrogen and oxygen atoms in total. The van der Waals surface area contributed by atoms with E-state index in [-0.39, 0.29) is 5.92 Å². The van der Waals surface area contributed by atoms with Gasteiger partial charge in [0.05, 0.1) is 12.0 Å². The first-order valence-corrected chi connectivity index (χ1v) is 3.44. The van der Waals surface area contributed by atoms with Gasteiger partial charge in [-0.2, -0.15) is 0 Å². The molecule has 0 aromatic rings. The van der Waals surface area contributed by atoms with Crippen molar-refractivity contribution in [3.05, 3.63) is 0 Å². The number of hydrogen-bond donors (Lipinski definition) is 2. The molecule has 0 aromatic carbocycles. The summed E-state index contributed by atoms with van der Waals surface area (Å²) < 4.78 is 0. The molecule has 60 valence electrons.